The molecular weight excluding hydrogens is 326 g/mol. The van der Waals surface area contributed by atoms with E-state index < -0.39 is 0 Å². The molecule has 0 unspecified atom stereocenters. The maximum Gasteiger partial charge on any atom is 0.216 e. The minimum atomic E-state index is -0.0169. The van der Waals surface area contributed by atoms with E-state index in [9.17, 15) is 4.79 Å². The third-order valence-corrected chi connectivity index (χ3v) is 4.73. The third-order valence-electron chi connectivity index (χ3n) is 4.73. The Kier molecular flexibility index (Phi) is 4.13. The second-order valence-electron chi connectivity index (χ2n) is 6.37. The molecule has 3 N–H and O–H groups in total. The van der Waals surface area contributed by atoms with Crippen LogP contribution in [-0.2, 0) is 11.2 Å². The number of carbonyl (C=O) groups excluding carboxylic acids is 1. The van der Waals surface area contributed by atoms with Gasteiger partial charge >= 0.3 is 0 Å². The Labute approximate surface area is 151 Å². The van der Waals surface area contributed by atoms with E-state index in [1.54, 1.807) is 14.0 Å². The molecule has 0 saturated carbocycles. The molecule has 0 spiro atoms. The molecule has 2 aromatic heterocycles. The number of rotatable bonds is 5. The Bertz CT molecular complexity index is 1090. The Morgan fingerprint density at radius 2 is 2.00 bits per heavy atom. The van der Waals surface area contributed by atoms with Crippen LogP contribution in [0.2, 0.25) is 0 Å². The number of aromatic amines is 2. The number of H-pyrrole nitrogens is 2. The first kappa shape index (κ1) is 16.3. The van der Waals surface area contributed by atoms with Gasteiger partial charge in [-0.05, 0) is 42.3 Å². The second kappa shape index (κ2) is 6.59. The summed E-state index contributed by atoms with van der Waals surface area (Å²) in [7, 11) is 1.67. The normalized spacial score (nSPS) is 11.2. The molecule has 5 nitrogen and oxygen atoms in total. The molecule has 4 aromatic rings. The van der Waals surface area contributed by atoms with E-state index in [0.29, 0.717) is 6.54 Å². The van der Waals surface area contributed by atoms with Gasteiger partial charge in [-0.25, -0.2) is 0 Å². The van der Waals surface area contributed by atoms with Gasteiger partial charge in [-0.15, -0.1) is 0 Å². The average molecular weight is 347 g/mol. The molecule has 0 saturated heterocycles. The molecule has 2 aromatic carbocycles. The molecular formula is C21H21N3O2. The first-order valence-corrected chi connectivity index (χ1v) is 8.67. The predicted molar refractivity (Wildman–Crippen MR) is 105 cm³/mol. The maximum atomic E-state index is 11.3. The third kappa shape index (κ3) is 2.81. The van der Waals surface area contributed by atoms with Crippen LogP contribution in [0.1, 0.15) is 12.5 Å². The van der Waals surface area contributed by atoms with E-state index in [0.717, 1.165) is 39.8 Å². The number of carbonyl (C=O) groups is 1. The highest BCUT2D eigenvalue weighted by Crippen LogP contribution is 2.36. The minimum absolute atomic E-state index is 0.0169. The van der Waals surface area contributed by atoms with Crippen LogP contribution in [0.25, 0.3) is 33.1 Å². The van der Waals surface area contributed by atoms with Gasteiger partial charge < -0.3 is 20.0 Å². The number of aromatic nitrogens is 2. The number of methoxy groups -OCH3 is 1. The lowest BCUT2D eigenvalue weighted by Gasteiger charge is -2.08. The highest BCUT2D eigenvalue weighted by Gasteiger charge is 2.16. The van der Waals surface area contributed by atoms with Crippen molar-refractivity contribution in [1.29, 1.82) is 0 Å². The SMILES string of the molecule is COc1ccc2[nH]c(-c3cccc4[nH]ccc34)c(CCNC(C)=O)c2c1. The highest BCUT2D eigenvalue weighted by atomic mass is 16.5. The van der Waals surface area contributed by atoms with Crippen molar-refractivity contribution in [2.75, 3.05) is 13.7 Å². The number of ether oxygens (including phenoxy) is 1. The van der Waals surface area contributed by atoms with Gasteiger partial charge in [0.25, 0.3) is 0 Å². The molecule has 2 heterocycles. The van der Waals surface area contributed by atoms with E-state index in [4.69, 9.17) is 4.74 Å². The molecule has 4 rings (SSSR count). The Morgan fingerprint density at radius 3 is 2.81 bits per heavy atom. The van der Waals surface area contributed by atoms with Crippen LogP contribution in [-0.4, -0.2) is 29.5 Å². The van der Waals surface area contributed by atoms with Crippen LogP contribution in [0, 0.1) is 0 Å². The van der Waals surface area contributed by atoms with Gasteiger partial charge in [-0.3, -0.25) is 4.79 Å². The van der Waals surface area contributed by atoms with Gasteiger partial charge in [-0.2, -0.15) is 0 Å². The topological polar surface area (TPSA) is 69.9 Å². The van der Waals surface area contributed by atoms with Crippen LogP contribution in [0.3, 0.4) is 0 Å². The fraction of sp³-hybridized carbons (Fsp3) is 0.190. The van der Waals surface area contributed by atoms with E-state index in [2.05, 4.69) is 45.6 Å². The van der Waals surface area contributed by atoms with Crippen molar-refractivity contribution in [3.8, 4) is 17.0 Å². The molecule has 0 aliphatic heterocycles. The highest BCUT2D eigenvalue weighted by molar-refractivity contribution is 6.00. The zero-order valence-corrected chi connectivity index (χ0v) is 14.8. The summed E-state index contributed by atoms with van der Waals surface area (Å²) in [6.45, 7) is 2.13. The van der Waals surface area contributed by atoms with Crippen molar-refractivity contribution < 1.29 is 9.53 Å². The Hall–Kier alpha value is -3.21. The van der Waals surface area contributed by atoms with Gasteiger partial charge in [0.15, 0.2) is 0 Å². The second-order valence-corrected chi connectivity index (χ2v) is 6.37. The van der Waals surface area contributed by atoms with E-state index in [1.807, 2.05) is 18.3 Å². The van der Waals surface area contributed by atoms with Gasteiger partial charge in [0.1, 0.15) is 5.75 Å². The summed E-state index contributed by atoms with van der Waals surface area (Å²) in [4.78, 5) is 18.1. The largest absolute Gasteiger partial charge is 0.497 e. The van der Waals surface area contributed by atoms with Crippen LogP contribution >= 0.6 is 0 Å². The maximum absolute atomic E-state index is 11.3. The summed E-state index contributed by atoms with van der Waals surface area (Å²) in [5.74, 6) is 0.806. The van der Waals surface area contributed by atoms with Gasteiger partial charge in [0.05, 0.1) is 12.8 Å². The Morgan fingerprint density at radius 1 is 1.12 bits per heavy atom. The standard InChI is InChI=1S/C21H21N3O2/c1-13(25)22-10-9-17-18-12-14(26-2)6-7-20(18)24-21(17)16-4-3-5-19-15(16)8-11-23-19/h3-8,11-12,23-24H,9-10H2,1-2H3,(H,22,25). The first-order chi connectivity index (χ1) is 12.7. The number of nitrogens with one attached hydrogen (secondary N) is 3. The fourth-order valence-corrected chi connectivity index (χ4v) is 3.51. The molecule has 0 radical (unpaired) electrons. The predicted octanol–water partition coefficient (Wildman–Crippen LogP) is 4.00. The lowest BCUT2D eigenvalue weighted by atomic mass is 10.00. The first-order valence-electron chi connectivity index (χ1n) is 8.67. The van der Waals surface area contributed by atoms with Gasteiger partial charge in [-0.1, -0.05) is 12.1 Å². The van der Waals surface area contributed by atoms with Crippen molar-refractivity contribution in [2.24, 2.45) is 0 Å². The molecule has 0 aliphatic rings. The van der Waals surface area contributed by atoms with Crippen LogP contribution < -0.4 is 10.1 Å². The summed E-state index contributed by atoms with van der Waals surface area (Å²) >= 11 is 0. The molecule has 0 bridgehead atoms. The van der Waals surface area contributed by atoms with Crippen molar-refractivity contribution in [1.82, 2.24) is 15.3 Å². The smallest absolute Gasteiger partial charge is 0.216 e. The van der Waals surface area contributed by atoms with Gasteiger partial charge in [0.2, 0.25) is 5.91 Å². The lowest BCUT2D eigenvalue weighted by Crippen LogP contribution is -2.22. The monoisotopic (exact) mass is 347 g/mol. The number of benzene rings is 2. The van der Waals surface area contributed by atoms with Gasteiger partial charge in [0, 0.05) is 47.0 Å². The van der Waals surface area contributed by atoms with Crippen LogP contribution in [0.4, 0.5) is 0 Å². The number of hydrogen-bond acceptors (Lipinski definition) is 2. The van der Waals surface area contributed by atoms with Crippen LogP contribution in [0.5, 0.6) is 5.75 Å². The van der Waals surface area contributed by atoms with E-state index in [-0.39, 0.29) is 5.91 Å². The summed E-state index contributed by atoms with van der Waals surface area (Å²) in [6, 6.07) is 14.4. The molecule has 5 heteroatoms. The van der Waals surface area contributed by atoms with Crippen molar-refractivity contribution in [2.45, 2.75) is 13.3 Å². The zero-order valence-electron chi connectivity index (χ0n) is 14.8. The number of hydrogen-bond donors (Lipinski definition) is 3. The molecule has 1 amide bonds. The van der Waals surface area contributed by atoms with Crippen LogP contribution in [0.15, 0.2) is 48.7 Å². The average Bonchev–Trinajstić information content (AvgIpc) is 3.25. The Balaban J connectivity index is 1.89. The molecule has 0 aliphatic carbocycles. The van der Waals surface area contributed by atoms with Crippen molar-refractivity contribution in [3.63, 3.8) is 0 Å². The summed E-state index contributed by atoms with van der Waals surface area (Å²) in [5.41, 5.74) is 5.58. The number of fused-ring (bicyclic) bond motifs is 2. The molecule has 0 fully saturated rings. The van der Waals surface area contributed by atoms with E-state index in [1.165, 1.54) is 10.9 Å². The summed E-state index contributed by atoms with van der Waals surface area (Å²) < 4.78 is 5.40. The molecule has 0 atom stereocenters. The quantitative estimate of drug-likeness (QED) is 0.511. The zero-order chi connectivity index (χ0) is 18.1. The molecule has 26 heavy (non-hydrogen) atoms. The summed E-state index contributed by atoms with van der Waals surface area (Å²) in [6.07, 6.45) is 2.69. The fourth-order valence-electron chi connectivity index (χ4n) is 3.51. The molecule has 132 valence electrons. The lowest BCUT2D eigenvalue weighted by molar-refractivity contribution is -0.118. The minimum Gasteiger partial charge on any atom is -0.497 e. The van der Waals surface area contributed by atoms with E-state index >= 15 is 0 Å². The number of amides is 1. The van der Waals surface area contributed by atoms with Crippen molar-refractivity contribution in [3.05, 3.63) is 54.2 Å². The summed E-state index contributed by atoms with van der Waals surface area (Å²) in [5, 5.41) is 5.19. The van der Waals surface area contributed by atoms with Crippen molar-refractivity contribution >= 4 is 27.7 Å².